The Morgan fingerprint density at radius 1 is 1.12 bits per heavy atom. The number of hydrogen-bond donors (Lipinski definition) is 2. The number of sulfonamides is 1. The molecule has 1 aliphatic rings. The van der Waals surface area contributed by atoms with Crippen LogP contribution in [0.1, 0.15) is 29.9 Å². The van der Waals surface area contributed by atoms with Crippen molar-refractivity contribution in [1.29, 1.82) is 0 Å². The van der Waals surface area contributed by atoms with Crippen molar-refractivity contribution in [3.8, 4) is 5.69 Å². The van der Waals surface area contributed by atoms with Crippen molar-refractivity contribution in [1.82, 2.24) is 14.8 Å². The molecule has 0 radical (unpaired) electrons. The summed E-state index contributed by atoms with van der Waals surface area (Å²) in [6.07, 6.45) is 2.36. The summed E-state index contributed by atoms with van der Waals surface area (Å²) < 4.78 is 24.5. The summed E-state index contributed by atoms with van der Waals surface area (Å²) in [5, 5.41) is 14.2. The fourth-order valence-electron chi connectivity index (χ4n) is 3.23. The Bertz CT molecular complexity index is 1310. The molecule has 0 saturated heterocycles. The van der Waals surface area contributed by atoms with Crippen LogP contribution >= 0.6 is 35.0 Å². The zero-order valence-corrected chi connectivity index (χ0v) is 19.8. The van der Waals surface area contributed by atoms with Gasteiger partial charge in [0.2, 0.25) is 16.0 Å². The quantitative estimate of drug-likeness (QED) is 0.441. The highest BCUT2D eigenvalue weighted by Crippen LogP contribution is 2.42. The Morgan fingerprint density at radius 3 is 2.50 bits per heavy atom. The van der Waals surface area contributed by atoms with E-state index in [9.17, 15) is 13.2 Å². The first-order valence-electron chi connectivity index (χ1n) is 9.60. The van der Waals surface area contributed by atoms with Crippen LogP contribution in [-0.4, -0.2) is 34.7 Å². The minimum atomic E-state index is -3.87. The number of thioether (sulfide) groups is 1. The largest absolute Gasteiger partial charge is 0.368 e. The summed E-state index contributed by atoms with van der Waals surface area (Å²) >= 11 is 13.8. The fraction of sp³-hybridized carbons (Fsp3) is 0.250. The molecule has 0 bridgehead atoms. The first-order chi connectivity index (χ1) is 15.1. The monoisotopic (exact) mass is 511 g/mol. The smallest absolute Gasteiger partial charge is 0.238 e. The summed E-state index contributed by atoms with van der Waals surface area (Å²) in [6.45, 7) is 0. The Balaban J connectivity index is 1.47. The van der Waals surface area contributed by atoms with E-state index in [2.05, 4.69) is 10.2 Å². The van der Waals surface area contributed by atoms with Crippen LogP contribution in [0.4, 0.5) is 5.95 Å². The van der Waals surface area contributed by atoms with E-state index in [1.54, 1.807) is 4.57 Å². The van der Waals surface area contributed by atoms with Crippen LogP contribution in [0.25, 0.3) is 5.69 Å². The summed E-state index contributed by atoms with van der Waals surface area (Å²) in [6, 6.07) is 9.87. The van der Waals surface area contributed by atoms with Crippen LogP contribution in [-0.2, 0) is 21.2 Å². The Hall–Kier alpha value is -2.11. The topological polar surface area (TPSA) is 134 Å². The number of Topliss-reactive ketones (excluding diaryl/α,β-unsaturated/α-hetero) is 1. The number of benzene rings is 2. The molecule has 0 unspecified atom stereocenters. The summed E-state index contributed by atoms with van der Waals surface area (Å²) in [5.74, 6) is 0.687. The molecule has 0 aliphatic heterocycles. The molecule has 32 heavy (non-hydrogen) atoms. The molecule has 0 atom stereocenters. The van der Waals surface area contributed by atoms with Gasteiger partial charge in [-0.05, 0) is 54.2 Å². The lowest BCUT2D eigenvalue weighted by molar-refractivity contribution is -0.116. The molecule has 8 nitrogen and oxygen atoms in total. The van der Waals surface area contributed by atoms with Crippen molar-refractivity contribution in [2.24, 2.45) is 5.14 Å². The van der Waals surface area contributed by atoms with E-state index >= 15 is 0 Å². The SMILES string of the molecule is Nc1nnc(SCC(=O)Cc2ccc(S(N)(=O)=O)cc2Cl)n1-c1ccc(C2CC2)cc1Cl. The van der Waals surface area contributed by atoms with Gasteiger partial charge in [0, 0.05) is 11.4 Å². The van der Waals surface area contributed by atoms with E-state index in [0.717, 1.165) is 0 Å². The van der Waals surface area contributed by atoms with Crippen molar-refractivity contribution < 1.29 is 13.2 Å². The van der Waals surface area contributed by atoms with Gasteiger partial charge in [0.25, 0.3) is 0 Å². The number of primary sulfonamides is 1. The number of nitrogen functional groups attached to an aromatic ring is 1. The molecule has 3 aromatic rings. The predicted molar refractivity (Wildman–Crippen MR) is 125 cm³/mol. The van der Waals surface area contributed by atoms with Gasteiger partial charge in [-0.3, -0.25) is 9.36 Å². The number of rotatable bonds is 8. The van der Waals surface area contributed by atoms with Gasteiger partial charge in [0.1, 0.15) is 5.78 Å². The maximum atomic E-state index is 12.5. The second kappa shape index (κ2) is 9.03. The molecule has 1 saturated carbocycles. The van der Waals surface area contributed by atoms with Crippen molar-refractivity contribution in [3.05, 3.63) is 57.6 Å². The summed E-state index contributed by atoms with van der Waals surface area (Å²) in [5.41, 5.74) is 8.35. The number of nitrogens with two attached hydrogens (primary N) is 2. The maximum absolute atomic E-state index is 12.5. The van der Waals surface area contributed by atoms with Gasteiger partial charge in [-0.1, -0.05) is 47.1 Å². The second-order valence-corrected chi connectivity index (χ2v) is 10.8. The number of ketones is 1. The average Bonchev–Trinajstić information content (AvgIpc) is 3.51. The molecule has 4 N–H and O–H groups in total. The molecule has 0 spiro atoms. The van der Waals surface area contributed by atoms with Crippen LogP contribution in [0.15, 0.2) is 46.5 Å². The maximum Gasteiger partial charge on any atom is 0.238 e. The number of halogens is 2. The standard InChI is InChI=1S/C20H19Cl2N5O3S2/c21-16-9-15(32(24,29)30)5-3-13(16)7-14(28)10-31-20-26-25-19(23)27(20)18-6-4-12(8-17(18)22)11-1-2-11/h3-6,8-9,11H,1-2,7,10H2,(H2,23,25)(H2,24,29,30). The van der Waals surface area contributed by atoms with Gasteiger partial charge in [-0.2, -0.15) is 0 Å². The molecule has 4 rings (SSSR count). The second-order valence-electron chi connectivity index (χ2n) is 7.46. The number of aromatic nitrogens is 3. The minimum absolute atomic E-state index is 0.0250. The molecule has 0 amide bonds. The van der Waals surface area contributed by atoms with Gasteiger partial charge in [0.15, 0.2) is 5.16 Å². The number of carbonyl (C=O) groups excluding carboxylic acids is 1. The van der Waals surface area contributed by atoms with Crippen molar-refractivity contribution in [3.63, 3.8) is 0 Å². The van der Waals surface area contributed by atoms with E-state index in [1.807, 2.05) is 18.2 Å². The average molecular weight is 512 g/mol. The lowest BCUT2D eigenvalue weighted by Crippen LogP contribution is -2.13. The van der Waals surface area contributed by atoms with E-state index < -0.39 is 10.0 Å². The number of hydrogen-bond acceptors (Lipinski definition) is 7. The Morgan fingerprint density at radius 2 is 1.88 bits per heavy atom. The number of carbonyl (C=O) groups is 1. The molecule has 1 aromatic heterocycles. The first-order valence-corrected chi connectivity index (χ1v) is 12.9. The lowest BCUT2D eigenvalue weighted by atomic mass is 10.1. The van der Waals surface area contributed by atoms with Crippen LogP contribution in [0.5, 0.6) is 0 Å². The van der Waals surface area contributed by atoms with Gasteiger partial charge in [0.05, 0.1) is 21.4 Å². The van der Waals surface area contributed by atoms with E-state index in [-0.39, 0.29) is 33.8 Å². The number of anilines is 1. The highest BCUT2D eigenvalue weighted by molar-refractivity contribution is 7.99. The summed E-state index contributed by atoms with van der Waals surface area (Å²) in [7, 11) is -3.87. The minimum Gasteiger partial charge on any atom is -0.368 e. The van der Waals surface area contributed by atoms with Crippen LogP contribution in [0, 0.1) is 0 Å². The van der Waals surface area contributed by atoms with Gasteiger partial charge in [-0.15, -0.1) is 10.2 Å². The van der Waals surface area contributed by atoms with Gasteiger partial charge in [-0.25, -0.2) is 13.6 Å². The Kier molecular flexibility index (Phi) is 6.51. The third kappa shape index (κ3) is 5.10. The first kappa shape index (κ1) is 23.1. The van der Waals surface area contributed by atoms with Crippen LogP contribution in [0.2, 0.25) is 10.0 Å². The van der Waals surface area contributed by atoms with Crippen LogP contribution in [0.3, 0.4) is 0 Å². The molecule has 1 fully saturated rings. The Labute approximate surface area is 199 Å². The highest BCUT2D eigenvalue weighted by atomic mass is 35.5. The van der Waals surface area contributed by atoms with E-state index in [4.69, 9.17) is 34.1 Å². The van der Waals surface area contributed by atoms with Crippen molar-refractivity contribution in [2.45, 2.75) is 35.2 Å². The summed E-state index contributed by atoms with van der Waals surface area (Å²) in [4.78, 5) is 12.4. The van der Waals surface area contributed by atoms with Crippen molar-refractivity contribution in [2.75, 3.05) is 11.5 Å². The van der Waals surface area contributed by atoms with Crippen molar-refractivity contribution >= 4 is 56.7 Å². The lowest BCUT2D eigenvalue weighted by Gasteiger charge is -2.11. The zero-order chi connectivity index (χ0) is 23.0. The van der Waals surface area contributed by atoms with Gasteiger partial charge >= 0.3 is 0 Å². The molecular formula is C20H19Cl2N5O3S2. The third-order valence-corrected chi connectivity index (χ3v) is 7.58. The van der Waals surface area contributed by atoms with E-state index in [1.165, 1.54) is 48.4 Å². The molecular weight excluding hydrogens is 493 g/mol. The number of nitrogens with zero attached hydrogens (tertiary/aromatic N) is 3. The predicted octanol–water partition coefficient (Wildman–Crippen LogP) is 3.59. The van der Waals surface area contributed by atoms with Crippen LogP contribution < -0.4 is 10.9 Å². The third-order valence-electron chi connectivity index (χ3n) is 5.02. The zero-order valence-electron chi connectivity index (χ0n) is 16.7. The fourth-order valence-corrected chi connectivity index (χ4v) is 5.17. The molecule has 12 heteroatoms. The molecule has 2 aromatic carbocycles. The molecule has 168 valence electrons. The molecule has 1 heterocycles. The molecule has 1 aliphatic carbocycles. The highest BCUT2D eigenvalue weighted by Gasteiger charge is 2.25. The van der Waals surface area contributed by atoms with E-state index in [0.29, 0.717) is 27.3 Å². The normalized spacial score (nSPS) is 14.0. The van der Waals surface area contributed by atoms with Gasteiger partial charge < -0.3 is 5.73 Å².